The summed E-state index contributed by atoms with van der Waals surface area (Å²) >= 11 is 0. The largest absolute Gasteiger partial charge is 0.455 e. The van der Waals surface area contributed by atoms with Crippen molar-refractivity contribution in [2.24, 2.45) is 7.05 Å². The van der Waals surface area contributed by atoms with Crippen LogP contribution >= 0.6 is 0 Å². The van der Waals surface area contributed by atoms with E-state index in [9.17, 15) is 5.26 Å². The van der Waals surface area contributed by atoms with Gasteiger partial charge in [-0.2, -0.15) is 5.26 Å². The molecule has 0 spiro atoms. The Kier molecular flexibility index (Phi) is 5.61. The van der Waals surface area contributed by atoms with Gasteiger partial charge < -0.3 is 4.42 Å². The standard InChI is InChI=1S/C33H31N2O/c1-21-17-18-35(3)29(19-21)30-22(2)9-15-27-28-16-14-26(20-34)31(33(28)36-32(27)30)25-12-10-24(11-13-25)23-7-5-4-6-8-23/h4-9,14-19,24-25H,10-13H2,1-3H3/q+1. The van der Waals surface area contributed by atoms with E-state index < -0.39 is 0 Å². The SMILES string of the molecule is Cc1cc[n+](C)c(-c2c(C)ccc3c2oc2c(C4CCC(c5ccccc5)CC4)c(C#N)ccc23)c1. The summed E-state index contributed by atoms with van der Waals surface area (Å²) in [5, 5.41) is 12.3. The third-order valence-electron chi connectivity index (χ3n) is 8.14. The fraction of sp³-hybridized carbons (Fsp3) is 0.273. The van der Waals surface area contributed by atoms with Crippen molar-refractivity contribution in [3.63, 3.8) is 0 Å². The highest BCUT2D eigenvalue weighted by molar-refractivity contribution is 6.11. The van der Waals surface area contributed by atoms with Crippen molar-refractivity contribution in [1.82, 2.24) is 0 Å². The van der Waals surface area contributed by atoms with E-state index in [4.69, 9.17) is 4.42 Å². The van der Waals surface area contributed by atoms with Crippen LogP contribution in [0.2, 0.25) is 0 Å². The van der Waals surface area contributed by atoms with Crippen LogP contribution in [0.25, 0.3) is 33.2 Å². The number of hydrogen-bond acceptors (Lipinski definition) is 2. The lowest BCUT2D eigenvalue weighted by molar-refractivity contribution is -0.660. The fourth-order valence-corrected chi connectivity index (χ4v) is 6.21. The minimum Gasteiger partial charge on any atom is -0.455 e. The molecule has 5 aromatic rings. The Hall–Kier alpha value is -3.90. The summed E-state index contributed by atoms with van der Waals surface area (Å²) in [5.41, 5.74) is 9.79. The summed E-state index contributed by atoms with van der Waals surface area (Å²) in [4.78, 5) is 0. The summed E-state index contributed by atoms with van der Waals surface area (Å²) in [6, 6.07) is 26.1. The van der Waals surface area contributed by atoms with Gasteiger partial charge in [-0.05, 0) is 80.2 Å². The number of aryl methyl sites for hydroxylation is 3. The van der Waals surface area contributed by atoms with Gasteiger partial charge in [0.25, 0.3) is 0 Å². The molecule has 0 radical (unpaired) electrons. The van der Waals surface area contributed by atoms with Gasteiger partial charge in [0.15, 0.2) is 6.20 Å². The molecule has 1 aliphatic rings. The zero-order valence-electron chi connectivity index (χ0n) is 21.2. The molecule has 0 amide bonds. The molecule has 178 valence electrons. The molecule has 2 aromatic heterocycles. The quantitative estimate of drug-likeness (QED) is 0.250. The minimum atomic E-state index is 0.337. The summed E-state index contributed by atoms with van der Waals surface area (Å²) in [7, 11) is 2.08. The molecule has 6 rings (SSSR count). The van der Waals surface area contributed by atoms with Gasteiger partial charge in [0.05, 0.1) is 17.2 Å². The maximum atomic E-state index is 10.1. The maximum Gasteiger partial charge on any atom is 0.216 e. The second-order valence-corrected chi connectivity index (χ2v) is 10.4. The lowest BCUT2D eigenvalue weighted by Gasteiger charge is -2.29. The number of nitrogens with zero attached hydrogens (tertiary/aromatic N) is 2. The number of hydrogen-bond donors (Lipinski definition) is 0. The molecule has 0 atom stereocenters. The molecule has 1 aliphatic carbocycles. The van der Waals surface area contributed by atoms with Crippen molar-refractivity contribution in [1.29, 1.82) is 5.26 Å². The Labute approximate surface area is 212 Å². The molecule has 3 nitrogen and oxygen atoms in total. The first-order valence-electron chi connectivity index (χ1n) is 13.0. The molecule has 1 fully saturated rings. The van der Waals surface area contributed by atoms with Gasteiger partial charge in [0, 0.05) is 28.5 Å². The van der Waals surface area contributed by atoms with Crippen LogP contribution in [0.3, 0.4) is 0 Å². The van der Waals surface area contributed by atoms with Gasteiger partial charge in [0.2, 0.25) is 5.69 Å². The first-order chi connectivity index (χ1) is 17.5. The summed E-state index contributed by atoms with van der Waals surface area (Å²) in [6.45, 7) is 4.28. The number of rotatable bonds is 3. The molecular weight excluding hydrogens is 440 g/mol. The van der Waals surface area contributed by atoms with Crippen LogP contribution in [-0.2, 0) is 7.05 Å². The molecule has 2 heterocycles. The van der Waals surface area contributed by atoms with Gasteiger partial charge in [0.1, 0.15) is 18.2 Å². The predicted octanol–water partition coefficient (Wildman–Crippen LogP) is 8.01. The van der Waals surface area contributed by atoms with Gasteiger partial charge in [-0.1, -0.05) is 42.5 Å². The summed E-state index contributed by atoms with van der Waals surface area (Å²) in [6.07, 6.45) is 6.53. The zero-order chi connectivity index (χ0) is 24.8. The Bertz CT molecular complexity index is 1630. The smallest absolute Gasteiger partial charge is 0.216 e. The molecule has 0 saturated heterocycles. The highest BCUT2D eigenvalue weighted by Crippen LogP contribution is 2.46. The van der Waals surface area contributed by atoms with Crippen LogP contribution in [0.15, 0.2) is 77.3 Å². The van der Waals surface area contributed by atoms with Crippen LogP contribution in [0.4, 0.5) is 0 Å². The molecule has 0 unspecified atom stereocenters. The number of pyridine rings is 1. The van der Waals surface area contributed by atoms with Gasteiger partial charge in [-0.3, -0.25) is 0 Å². The lowest BCUT2D eigenvalue weighted by Crippen LogP contribution is -2.30. The van der Waals surface area contributed by atoms with E-state index in [0.717, 1.165) is 70.0 Å². The van der Waals surface area contributed by atoms with Crippen molar-refractivity contribution in [2.45, 2.75) is 51.4 Å². The monoisotopic (exact) mass is 471 g/mol. The summed E-state index contributed by atoms with van der Waals surface area (Å²) in [5.74, 6) is 0.932. The van der Waals surface area contributed by atoms with E-state index in [1.165, 1.54) is 16.7 Å². The van der Waals surface area contributed by atoms with Crippen molar-refractivity contribution >= 4 is 21.9 Å². The average Bonchev–Trinajstić information content (AvgIpc) is 3.29. The number of benzene rings is 3. The molecule has 36 heavy (non-hydrogen) atoms. The van der Waals surface area contributed by atoms with Gasteiger partial charge >= 0.3 is 0 Å². The fourth-order valence-electron chi connectivity index (χ4n) is 6.21. The van der Waals surface area contributed by atoms with E-state index in [1.54, 1.807) is 0 Å². The molecule has 0 bridgehead atoms. The second-order valence-electron chi connectivity index (χ2n) is 10.4. The van der Waals surface area contributed by atoms with Crippen molar-refractivity contribution in [3.8, 4) is 17.3 Å². The van der Waals surface area contributed by atoms with Crippen molar-refractivity contribution in [2.75, 3.05) is 0 Å². The number of aromatic nitrogens is 1. The van der Waals surface area contributed by atoms with E-state index in [2.05, 4.69) is 98.4 Å². The highest BCUT2D eigenvalue weighted by Gasteiger charge is 2.29. The van der Waals surface area contributed by atoms with Crippen LogP contribution in [0.5, 0.6) is 0 Å². The van der Waals surface area contributed by atoms with Crippen LogP contribution in [-0.4, -0.2) is 0 Å². The van der Waals surface area contributed by atoms with Crippen LogP contribution in [0, 0.1) is 25.2 Å². The van der Waals surface area contributed by atoms with E-state index in [-0.39, 0.29) is 0 Å². The Morgan fingerprint density at radius 1 is 0.833 bits per heavy atom. The van der Waals surface area contributed by atoms with Crippen molar-refractivity contribution < 1.29 is 8.98 Å². The molecule has 0 aliphatic heterocycles. The Morgan fingerprint density at radius 3 is 2.28 bits per heavy atom. The molecule has 0 N–H and O–H groups in total. The van der Waals surface area contributed by atoms with E-state index >= 15 is 0 Å². The average molecular weight is 472 g/mol. The number of fused-ring (bicyclic) bond motifs is 3. The highest BCUT2D eigenvalue weighted by atomic mass is 16.3. The number of furan rings is 1. The zero-order valence-corrected chi connectivity index (χ0v) is 21.2. The van der Waals surface area contributed by atoms with Crippen LogP contribution in [0.1, 0.15) is 65.3 Å². The molecule has 1 saturated carbocycles. The second kappa shape index (κ2) is 8.95. The third-order valence-corrected chi connectivity index (χ3v) is 8.14. The lowest BCUT2D eigenvalue weighted by atomic mass is 9.75. The first kappa shape index (κ1) is 22.6. The van der Waals surface area contributed by atoms with Gasteiger partial charge in [-0.15, -0.1) is 0 Å². The molecule has 3 aromatic carbocycles. The Morgan fingerprint density at radius 2 is 1.53 bits per heavy atom. The van der Waals surface area contributed by atoms with Gasteiger partial charge in [-0.25, -0.2) is 4.57 Å². The topological polar surface area (TPSA) is 40.8 Å². The molecule has 3 heteroatoms. The third kappa shape index (κ3) is 3.69. The molecular formula is C33H31N2O+. The Balaban J connectivity index is 1.49. The van der Waals surface area contributed by atoms with E-state index in [1.807, 2.05) is 6.07 Å². The van der Waals surface area contributed by atoms with Crippen LogP contribution < -0.4 is 4.57 Å². The minimum absolute atomic E-state index is 0.337. The maximum absolute atomic E-state index is 10.1. The predicted molar refractivity (Wildman–Crippen MR) is 145 cm³/mol. The normalized spacial score (nSPS) is 17.9. The number of nitriles is 1. The van der Waals surface area contributed by atoms with Crippen molar-refractivity contribution in [3.05, 3.63) is 101 Å². The van der Waals surface area contributed by atoms with E-state index in [0.29, 0.717) is 11.8 Å². The first-order valence-corrected chi connectivity index (χ1v) is 13.0. The summed E-state index contributed by atoms with van der Waals surface area (Å²) < 4.78 is 8.95.